The van der Waals surface area contributed by atoms with Crippen LogP contribution < -0.4 is 0 Å². The number of halogens is 1. The van der Waals surface area contributed by atoms with Gasteiger partial charge in [-0.15, -0.1) is 0 Å². The molecule has 2 heterocycles. The molecule has 6 heteroatoms. The molecule has 2 rings (SSSR count). The highest BCUT2D eigenvalue weighted by molar-refractivity contribution is 9.10. The first-order valence-electron chi connectivity index (χ1n) is 6.31. The fourth-order valence-electron chi connectivity index (χ4n) is 2.62. The molecule has 0 spiro atoms. The molecule has 0 aliphatic carbocycles. The van der Waals surface area contributed by atoms with Gasteiger partial charge in [0.2, 0.25) is 5.91 Å². The summed E-state index contributed by atoms with van der Waals surface area (Å²) in [7, 11) is 0. The highest BCUT2D eigenvalue weighted by atomic mass is 79.9. The Kier molecular flexibility index (Phi) is 4.29. The molecule has 104 valence electrons. The molecule has 1 N–H and O–H groups in total. The summed E-state index contributed by atoms with van der Waals surface area (Å²) in [6, 6.07) is 1.18. The van der Waals surface area contributed by atoms with E-state index in [1.54, 1.807) is 11.0 Å². The smallest absolute Gasteiger partial charge is 0.309 e. The van der Waals surface area contributed by atoms with Gasteiger partial charge in [-0.3, -0.25) is 9.59 Å². The second kappa shape index (κ2) is 5.77. The zero-order chi connectivity index (χ0) is 14.0. The lowest BCUT2D eigenvalue weighted by atomic mass is 9.93. The van der Waals surface area contributed by atoms with Crippen LogP contribution in [-0.4, -0.2) is 28.4 Å². The lowest BCUT2D eigenvalue weighted by Crippen LogP contribution is -2.38. The minimum atomic E-state index is -0.888. The van der Waals surface area contributed by atoms with Crippen molar-refractivity contribution < 1.29 is 19.1 Å². The molecule has 1 saturated heterocycles. The molecule has 1 aliphatic rings. The Hall–Kier alpha value is -1.30. The van der Waals surface area contributed by atoms with Crippen LogP contribution in [0.5, 0.6) is 0 Å². The number of aliphatic carboxylic acids is 1. The molecule has 0 saturated carbocycles. The van der Waals surface area contributed by atoms with Gasteiger partial charge in [0.25, 0.3) is 0 Å². The maximum Gasteiger partial charge on any atom is 0.309 e. The van der Waals surface area contributed by atoms with Crippen LogP contribution in [0.15, 0.2) is 21.2 Å². The Morgan fingerprint density at radius 3 is 2.89 bits per heavy atom. The van der Waals surface area contributed by atoms with Crippen LogP contribution >= 0.6 is 15.9 Å². The molecular formula is C13H16BrNO4. The predicted molar refractivity (Wildman–Crippen MR) is 71.5 cm³/mol. The second-order valence-electron chi connectivity index (χ2n) is 4.59. The Bertz CT molecular complexity index is 483. The fourth-order valence-corrected chi connectivity index (χ4v) is 3.06. The van der Waals surface area contributed by atoms with Gasteiger partial charge in [0.15, 0.2) is 0 Å². The third kappa shape index (κ3) is 2.68. The molecule has 0 aromatic carbocycles. The standard InChI is InChI=1S/C13H16BrNO4/c1-2-15-10(16)5-3-4-8(13(17)18)11(15)12-9(14)6-7-19-12/h6-8,11H,2-5H2,1H3,(H,17,18). The average Bonchev–Trinajstić information content (AvgIpc) is 2.69. The molecule has 1 fully saturated rings. The first-order valence-corrected chi connectivity index (χ1v) is 7.10. The van der Waals surface area contributed by atoms with E-state index < -0.39 is 17.9 Å². The third-order valence-electron chi connectivity index (χ3n) is 3.51. The van der Waals surface area contributed by atoms with Gasteiger partial charge in [0.1, 0.15) is 11.8 Å². The lowest BCUT2D eigenvalue weighted by molar-refractivity contribution is -0.146. The maximum atomic E-state index is 12.1. The van der Waals surface area contributed by atoms with Crippen LogP contribution in [0.3, 0.4) is 0 Å². The van der Waals surface area contributed by atoms with Crippen molar-refractivity contribution in [3.8, 4) is 0 Å². The van der Waals surface area contributed by atoms with E-state index in [0.717, 1.165) is 0 Å². The van der Waals surface area contributed by atoms with E-state index in [1.807, 2.05) is 6.92 Å². The lowest BCUT2D eigenvalue weighted by Gasteiger charge is -2.31. The summed E-state index contributed by atoms with van der Waals surface area (Å²) in [6.45, 7) is 2.33. The molecule has 2 unspecified atom stereocenters. The minimum Gasteiger partial charge on any atom is -0.481 e. The van der Waals surface area contributed by atoms with Gasteiger partial charge in [0, 0.05) is 13.0 Å². The number of likely N-dealkylation sites (tertiary alicyclic amines) is 1. The number of hydrogen-bond donors (Lipinski definition) is 1. The predicted octanol–water partition coefficient (Wildman–Crippen LogP) is 2.82. The minimum absolute atomic E-state index is 0.0143. The second-order valence-corrected chi connectivity index (χ2v) is 5.45. The number of amides is 1. The van der Waals surface area contributed by atoms with Crippen molar-refractivity contribution in [3.63, 3.8) is 0 Å². The molecule has 1 aliphatic heterocycles. The Morgan fingerprint density at radius 2 is 2.37 bits per heavy atom. The van der Waals surface area contributed by atoms with Gasteiger partial charge in [-0.05, 0) is 41.8 Å². The van der Waals surface area contributed by atoms with Gasteiger partial charge in [0.05, 0.1) is 16.7 Å². The molecular weight excluding hydrogens is 314 g/mol. The van der Waals surface area contributed by atoms with Gasteiger partial charge >= 0.3 is 5.97 Å². The number of furan rings is 1. The molecule has 1 aromatic heterocycles. The van der Waals surface area contributed by atoms with E-state index in [9.17, 15) is 14.7 Å². The summed E-state index contributed by atoms with van der Waals surface area (Å²) in [5.74, 6) is -1.01. The summed E-state index contributed by atoms with van der Waals surface area (Å²) in [6.07, 6.45) is 2.98. The van der Waals surface area contributed by atoms with E-state index in [-0.39, 0.29) is 5.91 Å². The van der Waals surface area contributed by atoms with Crippen molar-refractivity contribution in [2.45, 2.75) is 32.2 Å². The molecule has 0 radical (unpaired) electrons. The summed E-state index contributed by atoms with van der Waals surface area (Å²) in [4.78, 5) is 25.2. The van der Waals surface area contributed by atoms with E-state index >= 15 is 0 Å². The van der Waals surface area contributed by atoms with Crippen LogP contribution in [0.1, 0.15) is 38.0 Å². The van der Waals surface area contributed by atoms with Gasteiger partial charge < -0.3 is 14.4 Å². The summed E-state index contributed by atoms with van der Waals surface area (Å²) >= 11 is 3.36. The van der Waals surface area contributed by atoms with Crippen LogP contribution in [-0.2, 0) is 9.59 Å². The highest BCUT2D eigenvalue weighted by Crippen LogP contribution is 2.39. The molecule has 1 aromatic rings. The van der Waals surface area contributed by atoms with Crippen LogP contribution in [0.2, 0.25) is 0 Å². The van der Waals surface area contributed by atoms with Crippen molar-refractivity contribution >= 4 is 27.8 Å². The quantitative estimate of drug-likeness (QED) is 0.925. The van der Waals surface area contributed by atoms with Gasteiger partial charge in [-0.25, -0.2) is 0 Å². The summed E-state index contributed by atoms with van der Waals surface area (Å²) < 4.78 is 6.12. The van der Waals surface area contributed by atoms with Crippen molar-refractivity contribution in [2.24, 2.45) is 5.92 Å². The van der Waals surface area contributed by atoms with Gasteiger partial charge in [-0.2, -0.15) is 0 Å². The monoisotopic (exact) mass is 329 g/mol. The number of hydrogen-bond acceptors (Lipinski definition) is 3. The topological polar surface area (TPSA) is 70.8 Å². The zero-order valence-electron chi connectivity index (χ0n) is 10.6. The Labute approximate surface area is 119 Å². The zero-order valence-corrected chi connectivity index (χ0v) is 12.2. The average molecular weight is 330 g/mol. The molecule has 1 amide bonds. The number of carbonyl (C=O) groups is 2. The van der Waals surface area contributed by atoms with E-state index in [0.29, 0.717) is 36.0 Å². The SMILES string of the molecule is CCN1C(=O)CCCC(C(=O)O)C1c1occc1Br. The fraction of sp³-hybridized carbons (Fsp3) is 0.538. The van der Waals surface area contributed by atoms with Crippen molar-refractivity contribution in [1.82, 2.24) is 4.90 Å². The normalized spacial score (nSPS) is 24.3. The van der Waals surface area contributed by atoms with E-state index in [2.05, 4.69) is 15.9 Å². The third-order valence-corrected chi connectivity index (χ3v) is 4.17. The van der Waals surface area contributed by atoms with Crippen molar-refractivity contribution in [3.05, 3.63) is 22.6 Å². The first kappa shape index (κ1) is 14.1. The van der Waals surface area contributed by atoms with Crippen LogP contribution in [0.4, 0.5) is 0 Å². The largest absolute Gasteiger partial charge is 0.481 e. The van der Waals surface area contributed by atoms with E-state index in [4.69, 9.17) is 4.42 Å². The first-order chi connectivity index (χ1) is 9.06. The molecule has 5 nitrogen and oxygen atoms in total. The van der Waals surface area contributed by atoms with Crippen molar-refractivity contribution in [1.29, 1.82) is 0 Å². The number of rotatable bonds is 3. The van der Waals surface area contributed by atoms with Crippen LogP contribution in [0.25, 0.3) is 0 Å². The van der Waals surface area contributed by atoms with Crippen LogP contribution in [0, 0.1) is 5.92 Å². The Morgan fingerprint density at radius 1 is 1.63 bits per heavy atom. The summed E-state index contributed by atoms with van der Waals surface area (Å²) in [5, 5.41) is 9.43. The van der Waals surface area contributed by atoms with Crippen molar-refractivity contribution in [2.75, 3.05) is 6.54 Å². The molecule has 0 bridgehead atoms. The Balaban J connectivity index is 2.47. The highest BCUT2D eigenvalue weighted by Gasteiger charge is 2.40. The number of carboxylic acid groups (broad SMARTS) is 1. The van der Waals surface area contributed by atoms with E-state index in [1.165, 1.54) is 6.26 Å². The number of nitrogens with zero attached hydrogens (tertiary/aromatic N) is 1. The molecule has 19 heavy (non-hydrogen) atoms. The maximum absolute atomic E-state index is 12.1. The molecule has 2 atom stereocenters. The number of carboxylic acids is 1. The number of carbonyl (C=O) groups excluding carboxylic acids is 1. The summed E-state index contributed by atoms with van der Waals surface area (Å²) in [5.41, 5.74) is 0. The van der Waals surface area contributed by atoms with Gasteiger partial charge in [-0.1, -0.05) is 0 Å².